The molecular formula is C55H36B2N2. The second kappa shape index (κ2) is 12.6. The van der Waals surface area contributed by atoms with E-state index in [1.54, 1.807) is 0 Å². The molecule has 13 rings (SSSR count). The van der Waals surface area contributed by atoms with Crippen molar-refractivity contribution in [1.29, 1.82) is 0 Å². The van der Waals surface area contributed by atoms with Gasteiger partial charge in [-0.15, -0.1) is 0 Å². The SMILES string of the molecule is c1ccc(-c2ccccc2B2c3ccccc3-n3c4cc5c(cc4c4cccc2c43)N(c2ccccc2)c2cccc3c2B5c2ccccc2C3c2ccccc2)cc1. The predicted molar refractivity (Wildman–Crippen MR) is 250 cm³/mol. The number of nitrogens with zero attached hydrogens (tertiary/aromatic N) is 2. The Bertz CT molecular complexity index is 3300. The zero-order valence-electron chi connectivity index (χ0n) is 32.3. The van der Waals surface area contributed by atoms with Gasteiger partial charge in [-0.3, -0.25) is 0 Å². The number of rotatable bonds is 4. The Labute approximate surface area is 344 Å². The normalized spacial score (nSPS) is 14.5. The summed E-state index contributed by atoms with van der Waals surface area (Å²) in [6.07, 6.45) is 0. The lowest BCUT2D eigenvalue weighted by Gasteiger charge is -2.42. The molecule has 3 aliphatic heterocycles. The Morgan fingerprint density at radius 1 is 0.390 bits per heavy atom. The highest BCUT2D eigenvalue weighted by Crippen LogP contribution is 2.44. The molecule has 59 heavy (non-hydrogen) atoms. The van der Waals surface area contributed by atoms with Gasteiger partial charge in [0, 0.05) is 45.0 Å². The van der Waals surface area contributed by atoms with Crippen molar-refractivity contribution in [2.75, 3.05) is 4.90 Å². The van der Waals surface area contributed by atoms with E-state index in [0.717, 1.165) is 0 Å². The van der Waals surface area contributed by atoms with Gasteiger partial charge in [0.1, 0.15) is 0 Å². The van der Waals surface area contributed by atoms with Gasteiger partial charge in [0.05, 0.1) is 5.52 Å². The molecule has 1 unspecified atom stereocenters. The van der Waals surface area contributed by atoms with Gasteiger partial charge < -0.3 is 9.47 Å². The van der Waals surface area contributed by atoms with Crippen LogP contribution < -0.4 is 37.7 Å². The fraction of sp³-hybridized carbons (Fsp3) is 0.0182. The lowest BCUT2D eigenvalue weighted by atomic mass is 9.31. The molecule has 0 aliphatic carbocycles. The van der Waals surface area contributed by atoms with E-state index in [-0.39, 0.29) is 19.3 Å². The number of hydrogen-bond donors (Lipinski definition) is 0. The number of aromatic nitrogens is 1. The molecule has 4 heterocycles. The molecule has 0 saturated carbocycles. The Morgan fingerprint density at radius 3 is 1.85 bits per heavy atom. The molecule has 0 N–H and O–H groups in total. The molecule has 0 fully saturated rings. The zero-order chi connectivity index (χ0) is 38.6. The maximum atomic E-state index is 2.59. The number of para-hydroxylation sites is 3. The molecule has 0 saturated heterocycles. The summed E-state index contributed by atoms with van der Waals surface area (Å²) in [6, 6.07) is 79.4. The Hall–Kier alpha value is -7.29. The van der Waals surface area contributed by atoms with Crippen molar-refractivity contribution in [3.63, 3.8) is 0 Å². The molecule has 272 valence electrons. The summed E-state index contributed by atoms with van der Waals surface area (Å²) < 4.78 is 2.59. The van der Waals surface area contributed by atoms with Crippen LogP contribution in [0.4, 0.5) is 17.1 Å². The molecular weight excluding hydrogens is 710 g/mol. The largest absolute Gasteiger partial charge is 0.311 e. The Morgan fingerprint density at radius 2 is 1.02 bits per heavy atom. The topological polar surface area (TPSA) is 8.17 Å². The summed E-state index contributed by atoms with van der Waals surface area (Å²) in [4.78, 5) is 2.54. The van der Waals surface area contributed by atoms with Gasteiger partial charge in [-0.1, -0.05) is 187 Å². The summed E-state index contributed by atoms with van der Waals surface area (Å²) in [5.41, 5.74) is 22.3. The fourth-order valence-corrected chi connectivity index (χ4v) is 11.1. The smallest absolute Gasteiger partial charge is 0.247 e. The summed E-state index contributed by atoms with van der Waals surface area (Å²) in [5, 5.41) is 2.57. The molecule has 2 nitrogen and oxygen atoms in total. The number of anilines is 3. The van der Waals surface area contributed by atoms with Crippen molar-refractivity contribution in [3.05, 3.63) is 229 Å². The summed E-state index contributed by atoms with van der Waals surface area (Å²) in [7, 11) is 0. The molecule has 3 aliphatic rings. The minimum atomic E-state index is 0.0746. The predicted octanol–water partition coefficient (Wildman–Crippen LogP) is 9.07. The van der Waals surface area contributed by atoms with E-state index in [0.29, 0.717) is 0 Å². The molecule has 0 amide bonds. The van der Waals surface area contributed by atoms with Gasteiger partial charge >= 0.3 is 0 Å². The van der Waals surface area contributed by atoms with Crippen LogP contribution in [-0.2, 0) is 0 Å². The lowest BCUT2D eigenvalue weighted by molar-refractivity contribution is 0.984. The molecule has 0 radical (unpaired) electrons. The van der Waals surface area contributed by atoms with Crippen molar-refractivity contribution in [2.45, 2.75) is 5.92 Å². The lowest BCUT2D eigenvalue weighted by Crippen LogP contribution is -2.62. The highest BCUT2D eigenvalue weighted by Gasteiger charge is 2.44. The molecule has 1 aromatic heterocycles. The first-order valence-electron chi connectivity index (χ1n) is 20.8. The molecule has 0 bridgehead atoms. The van der Waals surface area contributed by atoms with Crippen LogP contribution in [0.2, 0.25) is 0 Å². The molecule has 0 spiro atoms. The third kappa shape index (κ3) is 4.60. The van der Waals surface area contributed by atoms with E-state index < -0.39 is 0 Å². The van der Waals surface area contributed by atoms with Crippen molar-refractivity contribution in [1.82, 2.24) is 4.57 Å². The van der Waals surface area contributed by atoms with Crippen LogP contribution in [0.15, 0.2) is 212 Å². The quantitative estimate of drug-likeness (QED) is 0.163. The first-order valence-corrected chi connectivity index (χ1v) is 20.8. The standard InChI is InChI=1S/C55H36B2N2/c1-4-18-36(19-5-1)39-24-10-12-28-44(39)56-46-30-14-15-32-49(46)59-51-35-48-52(34-43(51)40-26-16-31-47(56)55(40)59)58(38-22-8-3-9-23-38)50-33-17-27-42-53(37-20-6-2-7-21-37)41-25-11-13-29-45(41)57(48)54(42)50/h1-35,53H. The maximum Gasteiger partial charge on any atom is 0.247 e. The van der Waals surface area contributed by atoms with Crippen molar-refractivity contribution in [3.8, 4) is 16.8 Å². The van der Waals surface area contributed by atoms with Crippen LogP contribution in [0.5, 0.6) is 0 Å². The van der Waals surface area contributed by atoms with E-state index in [9.17, 15) is 0 Å². The Kier molecular flexibility index (Phi) is 7.00. The van der Waals surface area contributed by atoms with Crippen LogP contribution >= 0.6 is 0 Å². The van der Waals surface area contributed by atoms with E-state index in [2.05, 4.69) is 222 Å². The minimum absolute atomic E-state index is 0.0746. The first kappa shape index (κ1) is 32.8. The zero-order valence-corrected chi connectivity index (χ0v) is 32.3. The van der Waals surface area contributed by atoms with Gasteiger partial charge in [0.25, 0.3) is 0 Å². The number of hydrogen-bond acceptors (Lipinski definition) is 1. The summed E-state index contributed by atoms with van der Waals surface area (Å²) in [5.74, 6) is 0.142. The summed E-state index contributed by atoms with van der Waals surface area (Å²) >= 11 is 0. The minimum Gasteiger partial charge on any atom is -0.311 e. The van der Waals surface area contributed by atoms with Crippen LogP contribution in [0.3, 0.4) is 0 Å². The van der Waals surface area contributed by atoms with E-state index >= 15 is 0 Å². The summed E-state index contributed by atoms with van der Waals surface area (Å²) in [6.45, 7) is 0.150. The molecule has 4 heteroatoms. The fourth-order valence-electron chi connectivity index (χ4n) is 11.1. The molecule has 9 aromatic carbocycles. The van der Waals surface area contributed by atoms with Gasteiger partial charge in [0.2, 0.25) is 13.4 Å². The van der Waals surface area contributed by atoms with Crippen molar-refractivity contribution in [2.24, 2.45) is 0 Å². The van der Waals surface area contributed by atoms with Gasteiger partial charge in [0.15, 0.2) is 0 Å². The maximum absolute atomic E-state index is 2.59. The van der Waals surface area contributed by atoms with E-state index in [1.165, 1.54) is 105 Å². The van der Waals surface area contributed by atoms with Crippen LogP contribution in [0.1, 0.15) is 22.6 Å². The van der Waals surface area contributed by atoms with Gasteiger partial charge in [-0.05, 0) is 86.1 Å². The second-order valence-electron chi connectivity index (χ2n) is 16.3. The monoisotopic (exact) mass is 746 g/mol. The van der Waals surface area contributed by atoms with Gasteiger partial charge in [-0.25, -0.2) is 0 Å². The highest BCUT2D eigenvalue weighted by atomic mass is 15.2. The highest BCUT2D eigenvalue weighted by molar-refractivity contribution is 6.99. The number of fused-ring (bicyclic) bond motifs is 9. The number of benzene rings is 9. The van der Waals surface area contributed by atoms with Crippen LogP contribution in [0.25, 0.3) is 38.6 Å². The van der Waals surface area contributed by atoms with E-state index in [4.69, 9.17) is 0 Å². The average Bonchev–Trinajstić information content (AvgIpc) is 3.63. The van der Waals surface area contributed by atoms with Crippen molar-refractivity contribution < 1.29 is 0 Å². The molecule has 1 atom stereocenters. The average molecular weight is 747 g/mol. The Balaban J connectivity index is 1.13. The van der Waals surface area contributed by atoms with Crippen LogP contribution in [-0.4, -0.2) is 18.0 Å². The van der Waals surface area contributed by atoms with Gasteiger partial charge in [-0.2, -0.15) is 0 Å². The first-order chi connectivity index (χ1) is 29.3. The third-order valence-electron chi connectivity index (χ3n) is 13.4. The van der Waals surface area contributed by atoms with E-state index in [1.807, 2.05) is 0 Å². The molecule has 10 aromatic rings. The third-order valence-corrected chi connectivity index (χ3v) is 13.4. The van der Waals surface area contributed by atoms with Crippen LogP contribution in [0, 0.1) is 0 Å². The second-order valence-corrected chi connectivity index (χ2v) is 16.3. The van der Waals surface area contributed by atoms with Crippen molar-refractivity contribution >= 4 is 85.1 Å².